The maximum Gasteiger partial charge on any atom is 0.261 e. The Morgan fingerprint density at radius 3 is 2.59 bits per heavy atom. The van der Waals surface area contributed by atoms with E-state index in [1.807, 2.05) is 0 Å². The van der Waals surface area contributed by atoms with E-state index in [-0.39, 0.29) is 33.5 Å². The molecule has 0 spiro atoms. The van der Waals surface area contributed by atoms with Gasteiger partial charge in [0.25, 0.3) is 11.8 Å². The lowest BCUT2D eigenvalue weighted by atomic mass is 10.0. The average Bonchev–Trinajstić information content (AvgIpc) is 3.02. The zero-order chi connectivity index (χ0) is 19.6. The molecule has 0 atom stereocenters. The van der Waals surface area contributed by atoms with Crippen molar-refractivity contribution in [3.8, 4) is 11.3 Å². The summed E-state index contributed by atoms with van der Waals surface area (Å²) in [5, 5.41) is 9.09. The number of nitrogens with zero attached hydrogens (tertiary/aromatic N) is 1. The van der Waals surface area contributed by atoms with E-state index in [1.54, 1.807) is 25.1 Å². The summed E-state index contributed by atoms with van der Waals surface area (Å²) in [5.74, 6) is -1.25. The van der Waals surface area contributed by atoms with Gasteiger partial charge in [-0.3, -0.25) is 9.59 Å². The monoisotopic (exact) mass is 387 g/mol. The van der Waals surface area contributed by atoms with Crippen molar-refractivity contribution in [1.82, 2.24) is 10.5 Å². The molecule has 3 aromatic rings. The second-order valence-corrected chi connectivity index (χ2v) is 6.08. The Kier molecular flexibility index (Phi) is 5.23. The number of halogens is 2. The molecule has 0 saturated heterocycles. The van der Waals surface area contributed by atoms with Gasteiger partial charge in [-0.25, -0.2) is 4.39 Å². The summed E-state index contributed by atoms with van der Waals surface area (Å²) in [7, 11) is 1.51. The second kappa shape index (κ2) is 7.59. The minimum absolute atomic E-state index is 0.00977. The normalized spacial score (nSPS) is 10.5. The highest BCUT2D eigenvalue weighted by atomic mass is 35.5. The Morgan fingerprint density at radius 1 is 1.15 bits per heavy atom. The molecule has 0 saturated carbocycles. The van der Waals surface area contributed by atoms with Crippen molar-refractivity contribution in [3.63, 3.8) is 0 Å². The van der Waals surface area contributed by atoms with Gasteiger partial charge >= 0.3 is 0 Å². The van der Waals surface area contributed by atoms with Gasteiger partial charge in [0, 0.05) is 18.3 Å². The number of amides is 2. The predicted molar refractivity (Wildman–Crippen MR) is 99.4 cm³/mol. The fraction of sp³-hybridized carbons (Fsp3) is 0.105. The summed E-state index contributed by atoms with van der Waals surface area (Å²) in [5.41, 5.74) is 0.838. The summed E-state index contributed by atoms with van der Waals surface area (Å²) < 4.78 is 19.4. The molecule has 3 rings (SSSR count). The summed E-state index contributed by atoms with van der Waals surface area (Å²) >= 11 is 6.08. The van der Waals surface area contributed by atoms with Crippen LogP contribution in [0.25, 0.3) is 11.3 Å². The second-order valence-electron chi connectivity index (χ2n) is 5.67. The molecule has 8 heteroatoms. The van der Waals surface area contributed by atoms with Crippen LogP contribution in [0.1, 0.15) is 26.5 Å². The largest absolute Gasteiger partial charge is 0.360 e. The number of rotatable bonds is 4. The van der Waals surface area contributed by atoms with Crippen molar-refractivity contribution in [1.29, 1.82) is 0 Å². The molecule has 138 valence electrons. The van der Waals surface area contributed by atoms with Gasteiger partial charge in [0.2, 0.25) is 0 Å². The molecule has 0 radical (unpaired) electrons. The minimum atomic E-state index is -0.619. The van der Waals surface area contributed by atoms with E-state index in [4.69, 9.17) is 16.1 Å². The quantitative estimate of drug-likeness (QED) is 0.707. The van der Waals surface area contributed by atoms with Gasteiger partial charge in [-0.15, -0.1) is 0 Å². The van der Waals surface area contributed by atoms with Gasteiger partial charge < -0.3 is 15.2 Å². The third-order valence-electron chi connectivity index (χ3n) is 3.90. The molecule has 0 unspecified atom stereocenters. The Hall–Kier alpha value is -3.19. The maximum absolute atomic E-state index is 14.3. The molecule has 1 aromatic heterocycles. The molecule has 0 aliphatic carbocycles. The molecular formula is C19H15ClFN3O3. The molecule has 2 amide bonds. The fourth-order valence-corrected chi connectivity index (χ4v) is 2.86. The van der Waals surface area contributed by atoms with Gasteiger partial charge in [-0.05, 0) is 37.3 Å². The highest BCUT2D eigenvalue weighted by molar-refractivity contribution is 6.33. The first kappa shape index (κ1) is 18.6. The molecule has 0 fully saturated rings. The van der Waals surface area contributed by atoms with E-state index in [2.05, 4.69) is 15.8 Å². The summed E-state index contributed by atoms with van der Waals surface area (Å²) in [6.07, 6.45) is 0. The van der Waals surface area contributed by atoms with Gasteiger partial charge in [0.05, 0.1) is 10.6 Å². The molecular weight excluding hydrogens is 373 g/mol. The highest BCUT2D eigenvalue weighted by Gasteiger charge is 2.25. The first-order valence-electron chi connectivity index (χ1n) is 7.96. The number of hydrogen-bond donors (Lipinski definition) is 2. The van der Waals surface area contributed by atoms with Crippen molar-refractivity contribution in [2.45, 2.75) is 6.92 Å². The van der Waals surface area contributed by atoms with Crippen LogP contribution < -0.4 is 10.6 Å². The molecule has 6 nitrogen and oxygen atoms in total. The van der Waals surface area contributed by atoms with Gasteiger partial charge in [-0.2, -0.15) is 0 Å². The smallest absolute Gasteiger partial charge is 0.261 e. The highest BCUT2D eigenvalue weighted by Crippen LogP contribution is 2.33. The Balaban J connectivity index is 1.98. The first-order valence-corrected chi connectivity index (χ1v) is 8.34. The molecule has 27 heavy (non-hydrogen) atoms. The molecule has 0 aliphatic heterocycles. The molecule has 2 N–H and O–H groups in total. The van der Waals surface area contributed by atoms with E-state index in [1.165, 1.54) is 31.3 Å². The fourth-order valence-electron chi connectivity index (χ4n) is 2.61. The SMILES string of the molecule is CNC(=O)c1cccc(NC(=O)c2c(-c3c(F)cccc3Cl)noc2C)c1. The zero-order valence-electron chi connectivity index (χ0n) is 14.5. The first-order chi connectivity index (χ1) is 12.9. The number of carbonyl (C=O) groups is 2. The van der Waals surface area contributed by atoms with Crippen molar-refractivity contribution in [2.75, 3.05) is 12.4 Å². The molecule has 1 heterocycles. The Bertz CT molecular complexity index is 1010. The third kappa shape index (κ3) is 3.68. The van der Waals surface area contributed by atoms with Crippen LogP contribution in [0, 0.1) is 12.7 Å². The van der Waals surface area contributed by atoms with Crippen molar-refractivity contribution < 1.29 is 18.5 Å². The minimum Gasteiger partial charge on any atom is -0.360 e. The number of carbonyl (C=O) groups excluding carboxylic acids is 2. The summed E-state index contributed by atoms with van der Waals surface area (Å²) in [4.78, 5) is 24.5. The van der Waals surface area contributed by atoms with Crippen LogP contribution in [0.15, 0.2) is 47.0 Å². The number of hydrogen-bond acceptors (Lipinski definition) is 4. The van der Waals surface area contributed by atoms with Crippen molar-refractivity contribution in [3.05, 3.63) is 70.2 Å². The van der Waals surface area contributed by atoms with E-state index < -0.39 is 11.7 Å². The van der Waals surface area contributed by atoms with E-state index in [0.29, 0.717) is 11.3 Å². The number of aromatic nitrogens is 1. The van der Waals surface area contributed by atoms with Crippen molar-refractivity contribution >= 4 is 29.1 Å². The van der Waals surface area contributed by atoms with E-state index in [0.717, 1.165) is 0 Å². The van der Waals surface area contributed by atoms with Crippen LogP contribution in [0.5, 0.6) is 0 Å². The van der Waals surface area contributed by atoms with Crippen LogP contribution in [0.2, 0.25) is 5.02 Å². The lowest BCUT2D eigenvalue weighted by Gasteiger charge is -2.08. The van der Waals surface area contributed by atoms with Crippen LogP contribution >= 0.6 is 11.6 Å². The van der Waals surface area contributed by atoms with Gasteiger partial charge in [-0.1, -0.05) is 28.9 Å². The summed E-state index contributed by atoms with van der Waals surface area (Å²) in [6, 6.07) is 10.6. The predicted octanol–water partition coefficient (Wildman–Crippen LogP) is 4.05. The lowest BCUT2D eigenvalue weighted by Crippen LogP contribution is -2.18. The maximum atomic E-state index is 14.3. The Morgan fingerprint density at radius 2 is 1.89 bits per heavy atom. The van der Waals surface area contributed by atoms with Crippen LogP contribution in [-0.4, -0.2) is 24.0 Å². The van der Waals surface area contributed by atoms with Crippen LogP contribution in [0.4, 0.5) is 10.1 Å². The average molecular weight is 388 g/mol. The molecule has 0 bridgehead atoms. The Labute approximate surface area is 159 Å². The summed E-state index contributed by atoms with van der Waals surface area (Å²) in [6.45, 7) is 1.54. The number of benzene rings is 2. The zero-order valence-corrected chi connectivity index (χ0v) is 15.2. The topological polar surface area (TPSA) is 84.2 Å². The standard InChI is InChI=1S/C19H15ClFN3O3/c1-10-15(17(24-27-10)16-13(20)7-4-8-14(16)21)19(26)23-12-6-3-5-11(9-12)18(25)22-2/h3-9H,1-2H3,(H,22,25)(H,23,26). The van der Waals surface area contributed by atoms with Gasteiger partial charge in [0.1, 0.15) is 22.8 Å². The molecule has 2 aromatic carbocycles. The van der Waals surface area contributed by atoms with Crippen LogP contribution in [0.3, 0.4) is 0 Å². The van der Waals surface area contributed by atoms with Gasteiger partial charge in [0.15, 0.2) is 0 Å². The number of aryl methyl sites for hydroxylation is 1. The number of anilines is 1. The number of nitrogens with one attached hydrogen (secondary N) is 2. The lowest BCUT2D eigenvalue weighted by molar-refractivity contribution is 0.0961. The van der Waals surface area contributed by atoms with E-state index in [9.17, 15) is 14.0 Å². The third-order valence-corrected chi connectivity index (χ3v) is 4.21. The van der Waals surface area contributed by atoms with E-state index >= 15 is 0 Å². The van der Waals surface area contributed by atoms with Crippen molar-refractivity contribution in [2.24, 2.45) is 0 Å². The van der Waals surface area contributed by atoms with Crippen LogP contribution in [-0.2, 0) is 0 Å². The molecule has 0 aliphatic rings.